The van der Waals surface area contributed by atoms with E-state index in [1.807, 2.05) is 27.7 Å². The fraction of sp³-hybridized carbons (Fsp3) is 0.450. The number of esters is 1. The fourth-order valence-corrected chi connectivity index (χ4v) is 2.87. The Balaban J connectivity index is 1.95. The minimum absolute atomic E-state index is 0.00200. The van der Waals surface area contributed by atoms with Gasteiger partial charge < -0.3 is 18.8 Å². The standard InChI is InChI=1S/C20H25NO6/c1-12(2)21(13(3)4)20(24)14(5)26-19(23)11-25-16-8-6-15-7-9-18(22)27-17(15)10-16/h6-10,12-14H,11H2,1-5H3. The molecule has 2 aromatic rings. The third-order valence-corrected chi connectivity index (χ3v) is 3.97. The van der Waals surface area contributed by atoms with Gasteiger partial charge in [-0.1, -0.05) is 0 Å². The SMILES string of the molecule is CC(OC(=O)COc1ccc2ccc(=O)oc2c1)C(=O)N(C(C)C)C(C)C. The van der Waals surface area contributed by atoms with Crippen LogP contribution in [0.4, 0.5) is 0 Å². The predicted octanol–water partition coefficient (Wildman–Crippen LogP) is 2.75. The summed E-state index contributed by atoms with van der Waals surface area (Å²) in [6, 6.07) is 7.87. The zero-order valence-corrected chi connectivity index (χ0v) is 16.2. The average Bonchev–Trinajstić information content (AvgIpc) is 2.58. The zero-order chi connectivity index (χ0) is 20.1. The summed E-state index contributed by atoms with van der Waals surface area (Å²) in [6.45, 7) is 8.83. The minimum atomic E-state index is -0.902. The Morgan fingerprint density at radius 3 is 2.30 bits per heavy atom. The first-order valence-corrected chi connectivity index (χ1v) is 8.87. The molecule has 1 unspecified atom stereocenters. The molecular weight excluding hydrogens is 350 g/mol. The van der Waals surface area contributed by atoms with Gasteiger partial charge in [-0.3, -0.25) is 4.79 Å². The molecule has 0 N–H and O–H groups in total. The molecule has 1 atom stereocenters. The van der Waals surface area contributed by atoms with Crippen LogP contribution in [0.1, 0.15) is 34.6 Å². The number of carbonyl (C=O) groups is 2. The molecule has 0 spiro atoms. The Hall–Kier alpha value is -2.83. The van der Waals surface area contributed by atoms with Crippen LogP contribution in [0.15, 0.2) is 39.5 Å². The van der Waals surface area contributed by atoms with E-state index < -0.39 is 17.7 Å². The van der Waals surface area contributed by atoms with Crippen molar-refractivity contribution >= 4 is 22.8 Å². The Labute approximate surface area is 157 Å². The van der Waals surface area contributed by atoms with E-state index >= 15 is 0 Å². The van der Waals surface area contributed by atoms with E-state index in [1.54, 1.807) is 30.0 Å². The first-order valence-electron chi connectivity index (χ1n) is 8.87. The second kappa shape index (κ2) is 8.70. The summed E-state index contributed by atoms with van der Waals surface area (Å²) >= 11 is 0. The molecule has 2 rings (SSSR count). The molecule has 0 aliphatic heterocycles. The van der Waals surface area contributed by atoms with Crippen LogP contribution in [0.25, 0.3) is 11.0 Å². The molecule has 146 valence electrons. The van der Waals surface area contributed by atoms with Crippen molar-refractivity contribution in [3.05, 3.63) is 40.8 Å². The van der Waals surface area contributed by atoms with Crippen molar-refractivity contribution in [2.45, 2.75) is 52.8 Å². The van der Waals surface area contributed by atoms with Crippen molar-refractivity contribution in [3.8, 4) is 5.75 Å². The molecule has 0 radical (unpaired) electrons. The van der Waals surface area contributed by atoms with Crippen LogP contribution in [0.3, 0.4) is 0 Å². The highest BCUT2D eigenvalue weighted by Gasteiger charge is 2.27. The number of nitrogens with zero attached hydrogens (tertiary/aromatic N) is 1. The molecule has 1 aromatic heterocycles. The largest absolute Gasteiger partial charge is 0.482 e. The summed E-state index contributed by atoms with van der Waals surface area (Å²) in [5.41, 5.74) is -0.104. The van der Waals surface area contributed by atoms with Crippen molar-refractivity contribution in [2.75, 3.05) is 6.61 Å². The lowest BCUT2D eigenvalue weighted by Gasteiger charge is -2.32. The number of ether oxygens (including phenoxy) is 2. The molecule has 0 fully saturated rings. The second-order valence-electron chi connectivity index (χ2n) is 6.81. The molecule has 0 aliphatic rings. The molecule has 0 bridgehead atoms. The average molecular weight is 375 g/mol. The Bertz CT molecular complexity index is 862. The number of fused-ring (bicyclic) bond motifs is 1. The van der Waals surface area contributed by atoms with Crippen LogP contribution in [-0.2, 0) is 14.3 Å². The molecule has 0 saturated heterocycles. The van der Waals surface area contributed by atoms with Crippen molar-refractivity contribution in [1.29, 1.82) is 0 Å². The zero-order valence-electron chi connectivity index (χ0n) is 16.2. The highest BCUT2D eigenvalue weighted by atomic mass is 16.6. The molecule has 27 heavy (non-hydrogen) atoms. The summed E-state index contributed by atoms with van der Waals surface area (Å²) in [6.07, 6.45) is -0.902. The molecule has 7 heteroatoms. The monoisotopic (exact) mass is 375 g/mol. The molecule has 1 amide bonds. The maximum atomic E-state index is 12.5. The number of hydrogen-bond acceptors (Lipinski definition) is 6. The van der Waals surface area contributed by atoms with Gasteiger partial charge >= 0.3 is 11.6 Å². The predicted molar refractivity (Wildman–Crippen MR) is 101 cm³/mol. The van der Waals surface area contributed by atoms with Gasteiger partial charge in [0.25, 0.3) is 5.91 Å². The van der Waals surface area contributed by atoms with Gasteiger partial charge in [-0.2, -0.15) is 0 Å². The number of rotatable bonds is 7. The maximum absolute atomic E-state index is 12.5. The molecule has 1 aromatic carbocycles. The van der Waals surface area contributed by atoms with Crippen molar-refractivity contribution in [3.63, 3.8) is 0 Å². The molecule has 7 nitrogen and oxygen atoms in total. The van der Waals surface area contributed by atoms with Crippen molar-refractivity contribution in [1.82, 2.24) is 4.90 Å². The summed E-state index contributed by atoms with van der Waals surface area (Å²) in [5, 5.41) is 0.742. The summed E-state index contributed by atoms with van der Waals surface area (Å²) < 4.78 is 15.7. The molecule has 0 saturated carbocycles. The molecular formula is C20H25NO6. The molecule has 0 aliphatic carbocycles. The maximum Gasteiger partial charge on any atom is 0.344 e. The van der Waals surface area contributed by atoms with E-state index in [2.05, 4.69) is 0 Å². The van der Waals surface area contributed by atoms with Crippen molar-refractivity contribution in [2.24, 2.45) is 0 Å². The first kappa shape index (κ1) is 20.5. The van der Waals surface area contributed by atoms with E-state index in [9.17, 15) is 14.4 Å². The van der Waals surface area contributed by atoms with Gasteiger partial charge in [0.1, 0.15) is 11.3 Å². The van der Waals surface area contributed by atoms with Crippen LogP contribution in [0, 0.1) is 0 Å². The van der Waals surface area contributed by atoms with Crippen LogP contribution >= 0.6 is 0 Å². The van der Waals surface area contributed by atoms with Crippen LogP contribution in [0.5, 0.6) is 5.75 Å². The number of hydrogen-bond donors (Lipinski definition) is 0. The lowest BCUT2D eigenvalue weighted by atomic mass is 10.2. The van der Waals surface area contributed by atoms with Gasteiger partial charge in [0, 0.05) is 29.6 Å². The number of amides is 1. The third kappa shape index (κ3) is 5.32. The Kier molecular flexibility index (Phi) is 6.60. The van der Waals surface area contributed by atoms with E-state index in [4.69, 9.17) is 13.9 Å². The van der Waals surface area contributed by atoms with E-state index in [-0.39, 0.29) is 24.6 Å². The summed E-state index contributed by atoms with van der Waals surface area (Å²) in [7, 11) is 0. The van der Waals surface area contributed by atoms with Gasteiger partial charge in [-0.15, -0.1) is 0 Å². The normalized spacial score (nSPS) is 12.3. The van der Waals surface area contributed by atoms with E-state index in [0.29, 0.717) is 11.3 Å². The Morgan fingerprint density at radius 2 is 1.67 bits per heavy atom. The van der Waals surface area contributed by atoms with Crippen LogP contribution in [-0.4, -0.2) is 41.6 Å². The number of benzene rings is 1. The van der Waals surface area contributed by atoms with Crippen molar-refractivity contribution < 1.29 is 23.5 Å². The van der Waals surface area contributed by atoms with Gasteiger partial charge in [0.15, 0.2) is 12.7 Å². The van der Waals surface area contributed by atoms with Gasteiger partial charge in [-0.25, -0.2) is 9.59 Å². The Morgan fingerprint density at radius 1 is 1.04 bits per heavy atom. The lowest BCUT2D eigenvalue weighted by molar-refractivity contribution is -0.162. The highest BCUT2D eigenvalue weighted by molar-refractivity contribution is 5.84. The fourth-order valence-electron chi connectivity index (χ4n) is 2.87. The van der Waals surface area contributed by atoms with Gasteiger partial charge in [0.2, 0.25) is 0 Å². The molecule has 1 heterocycles. The highest BCUT2D eigenvalue weighted by Crippen LogP contribution is 2.19. The lowest BCUT2D eigenvalue weighted by Crippen LogP contribution is -2.47. The van der Waals surface area contributed by atoms with Crippen LogP contribution < -0.4 is 10.4 Å². The smallest absolute Gasteiger partial charge is 0.344 e. The summed E-state index contributed by atoms with van der Waals surface area (Å²) in [4.78, 5) is 37.4. The quantitative estimate of drug-likeness (QED) is 0.546. The topological polar surface area (TPSA) is 86.0 Å². The first-order chi connectivity index (χ1) is 12.7. The van der Waals surface area contributed by atoms with Gasteiger partial charge in [0.05, 0.1) is 0 Å². The second-order valence-corrected chi connectivity index (χ2v) is 6.81. The third-order valence-electron chi connectivity index (χ3n) is 3.97. The van der Waals surface area contributed by atoms with E-state index in [0.717, 1.165) is 5.39 Å². The minimum Gasteiger partial charge on any atom is -0.482 e. The van der Waals surface area contributed by atoms with Gasteiger partial charge in [-0.05, 0) is 52.8 Å². The number of carbonyl (C=O) groups excluding carboxylic acids is 2. The van der Waals surface area contributed by atoms with E-state index in [1.165, 1.54) is 12.1 Å². The summed E-state index contributed by atoms with van der Waals surface area (Å²) in [5.74, 6) is -0.544. The van der Waals surface area contributed by atoms with Crippen LogP contribution in [0.2, 0.25) is 0 Å².